The van der Waals surface area contributed by atoms with Gasteiger partial charge in [0.15, 0.2) is 5.78 Å². The molecule has 0 bridgehead atoms. The number of rotatable bonds is 7. The number of nitrogens with zero attached hydrogens (tertiary/aromatic N) is 3. The number of aromatic nitrogens is 3. The van der Waals surface area contributed by atoms with Crippen molar-refractivity contribution in [2.24, 2.45) is 4.99 Å². The molecule has 0 atom stereocenters. The lowest BCUT2D eigenvalue weighted by Gasteiger charge is -2.11. The molecule has 0 aliphatic heterocycles. The van der Waals surface area contributed by atoms with Crippen LogP contribution in [0, 0.1) is 6.92 Å². The first-order valence-corrected chi connectivity index (χ1v) is 10.0. The number of para-hydroxylation sites is 1. The second kappa shape index (κ2) is 9.86. The van der Waals surface area contributed by atoms with E-state index in [1.807, 2.05) is 31.2 Å². The van der Waals surface area contributed by atoms with Crippen LogP contribution in [0.2, 0.25) is 0 Å². The van der Waals surface area contributed by atoms with Gasteiger partial charge in [-0.25, -0.2) is 19.1 Å². The number of benzene rings is 2. The quantitative estimate of drug-likeness (QED) is 0.447. The lowest BCUT2D eigenvalue weighted by molar-refractivity contribution is -0.140. The van der Waals surface area contributed by atoms with Crippen molar-refractivity contribution in [1.82, 2.24) is 14.1 Å². The molecule has 2 aromatic carbocycles. The van der Waals surface area contributed by atoms with Crippen LogP contribution in [0.25, 0.3) is 0 Å². The fourth-order valence-corrected chi connectivity index (χ4v) is 3.15. The molecule has 0 saturated heterocycles. The molecule has 0 radical (unpaired) electrons. The molecular weight excluding hydrogens is 412 g/mol. The van der Waals surface area contributed by atoms with E-state index in [-0.39, 0.29) is 30.9 Å². The van der Waals surface area contributed by atoms with Crippen LogP contribution in [-0.2, 0) is 22.6 Å². The predicted molar refractivity (Wildman–Crippen MR) is 118 cm³/mol. The molecule has 1 aromatic heterocycles. The Morgan fingerprint density at radius 3 is 2.38 bits per heavy atom. The largest absolute Gasteiger partial charge is 0.469 e. The molecule has 1 heterocycles. The molecule has 0 unspecified atom stereocenters. The lowest BCUT2D eigenvalue weighted by atomic mass is 10.1. The van der Waals surface area contributed by atoms with Crippen LogP contribution in [-0.4, -0.2) is 33.0 Å². The van der Waals surface area contributed by atoms with Crippen molar-refractivity contribution in [3.63, 3.8) is 0 Å². The Hall–Kier alpha value is -4.01. The number of aromatic amines is 1. The van der Waals surface area contributed by atoms with Crippen LogP contribution >= 0.6 is 0 Å². The van der Waals surface area contributed by atoms with Crippen LogP contribution < -0.4 is 17.0 Å². The molecule has 3 aromatic rings. The highest BCUT2D eigenvalue weighted by Crippen LogP contribution is 2.18. The molecule has 166 valence electrons. The highest BCUT2D eigenvalue weighted by Gasteiger charge is 2.13. The molecule has 32 heavy (non-hydrogen) atoms. The number of esters is 1. The van der Waals surface area contributed by atoms with Crippen molar-refractivity contribution in [2.45, 2.75) is 33.4 Å². The van der Waals surface area contributed by atoms with E-state index < -0.39 is 17.3 Å². The smallest absolute Gasteiger partial charge is 0.335 e. The minimum atomic E-state index is -0.710. The van der Waals surface area contributed by atoms with Gasteiger partial charge in [-0.15, -0.1) is 0 Å². The van der Waals surface area contributed by atoms with Gasteiger partial charge >= 0.3 is 17.3 Å². The summed E-state index contributed by atoms with van der Waals surface area (Å²) in [5, 5.41) is 0. The number of carbonyl (C=O) groups excluding carboxylic acids is 2. The minimum Gasteiger partial charge on any atom is -0.469 e. The standard InChI is InChI=1S/C23H24N4O5/c1-15-8-10-17(11-9-15)14-27-21(24-19-7-5-4-6-18(19)16(2)28)25-22(30)26(23(27)31)13-12-20(29)32-3/h4-11H,12-14H2,1-3H3,(H,24,25,30). The summed E-state index contributed by atoms with van der Waals surface area (Å²) in [6.07, 6.45) is -0.131. The number of nitrogens with one attached hydrogen (secondary N) is 1. The Morgan fingerprint density at radius 2 is 1.72 bits per heavy atom. The van der Waals surface area contributed by atoms with E-state index in [1.54, 1.807) is 24.3 Å². The second-order valence-electron chi connectivity index (χ2n) is 7.27. The fraction of sp³-hybridized carbons (Fsp3) is 0.261. The number of methoxy groups -OCH3 is 1. The number of carbonyl (C=O) groups is 2. The maximum absolute atomic E-state index is 13.2. The molecule has 3 rings (SSSR count). The molecule has 0 aliphatic rings. The number of H-pyrrole nitrogens is 1. The molecule has 0 saturated carbocycles. The van der Waals surface area contributed by atoms with Crippen LogP contribution in [0.15, 0.2) is 63.1 Å². The zero-order valence-electron chi connectivity index (χ0n) is 18.1. The summed E-state index contributed by atoms with van der Waals surface area (Å²) in [6.45, 7) is 3.37. The van der Waals surface area contributed by atoms with Crippen molar-refractivity contribution in [2.75, 3.05) is 7.11 Å². The normalized spacial score (nSPS) is 11.4. The first-order chi connectivity index (χ1) is 15.3. The van der Waals surface area contributed by atoms with Gasteiger partial charge in [0.1, 0.15) is 0 Å². The molecule has 1 N–H and O–H groups in total. The van der Waals surface area contributed by atoms with Crippen LogP contribution in [0.4, 0.5) is 5.69 Å². The van der Waals surface area contributed by atoms with Gasteiger partial charge in [-0.1, -0.05) is 42.0 Å². The molecule has 0 aliphatic carbocycles. The second-order valence-corrected chi connectivity index (χ2v) is 7.27. The third kappa shape index (κ3) is 5.18. The van der Waals surface area contributed by atoms with Gasteiger partial charge in [0, 0.05) is 12.1 Å². The monoisotopic (exact) mass is 436 g/mol. The van der Waals surface area contributed by atoms with E-state index in [0.717, 1.165) is 15.7 Å². The summed E-state index contributed by atoms with van der Waals surface area (Å²) >= 11 is 0. The number of hydrogen-bond acceptors (Lipinski definition) is 6. The van der Waals surface area contributed by atoms with Crippen LogP contribution in [0.3, 0.4) is 0 Å². The third-order valence-electron chi connectivity index (χ3n) is 4.92. The SMILES string of the molecule is COC(=O)CCn1c(=O)[nH]/c(=N\c2ccccc2C(C)=O)n(Cc2ccc(C)cc2)c1=O. The van der Waals surface area contributed by atoms with Gasteiger partial charge in [0.25, 0.3) is 0 Å². The summed E-state index contributed by atoms with van der Waals surface area (Å²) in [5.41, 5.74) is 1.25. The third-order valence-corrected chi connectivity index (χ3v) is 4.92. The van der Waals surface area contributed by atoms with E-state index >= 15 is 0 Å². The van der Waals surface area contributed by atoms with E-state index in [2.05, 4.69) is 14.7 Å². The van der Waals surface area contributed by atoms with E-state index in [4.69, 9.17) is 0 Å². The van der Waals surface area contributed by atoms with Gasteiger partial charge in [0.2, 0.25) is 5.62 Å². The highest BCUT2D eigenvalue weighted by atomic mass is 16.5. The lowest BCUT2D eigenvalue weighted by Crippen LogP contribution is -2.50. The number of Topliss-reactive ketones (excluding diaryl/α,β-unsaturated/α-hetero) is 1. The predicted octanol–water partition coefficient (Wildman–Crippen LogP) is 1.69. The number of hydrogen-bond donors (Lipinski definition) is 1. The van der Waals surface area contributed by atoms with Gasteiger partial charge in [-0.3, -0.25) is 19.1 Å². The maximum Gasteiger partial charge on any atom is 0.335 e. The summed E-state index contributed by atoms with van der Waals surface area (Å²) < 4.78 is 6.84. The minimum absolute atomic E-state index is 0.00333. The van der Waals surface area contributed by atoms with Crippen molar-refractivity contribution in [1.29, 1.82) is 0 Å². The van der Waals surface area contributed by atoms with Gasteiger partial charge < -0.3 is 4.74 Å². The number of ether oxygens (including phenoxy) is 1. The maximum atomic E-state index is 13.2. The Bertz CT molecular complexity index is 1330. The van der Waals surface area contributed by atoms with E-state index in [1.165, 1.54) is 18.6 Å². The average Bonchev–Trinajstić information content (AvgIpc) is 2.77. The number of aryl methyl sites for hydroxylation is 1. The molecular formula is C23H24N4O5. The zero-order chi connectivity index (χ0) is 23.3. The van der Waals surface area contributed by atoms with E-state index in [9.17, 15) is 19.2 Å². The summed E-state index contributed by atoms with van der Waals surface area (Å²) in [6, 6.07) is 14.3. The average molecular weight is 436 g/mol. The molecule has 9 nitrogen and oxygen atoms in total. The van der Waals surface area contributed by atoms with Gasteiger partial charge in [0.05, 0.1) is 25.8 Å². The Balaban J connectivity index is 2.21. The first kappa shape index (κ1) is 22.7. The summed E-state index contributed by atoms with van der Waals surface area (Å²) in [5.74, 6) is -0.728. The van der Waals surface area contributed by atoms with E-state index in [0.29, 0.717) is 11.3 Å². The van der Waals surface area contributed by atoms with Crippen molar-refractivity contribution in [3.05, 3.63) is 91.8 Å². The molecule has 9 heteroatoms. The Kier molecular flexibility index (Phi) is 6.99. The van der Waals surface area contributed by atoms with Crippen LogP contribution in [0.1, 0.15) is 34.8 Å². The number of ketones is 1. The summed E-state index contributed by atoms with van der Waals surface area (Å²) in [4.78, 5) is 56.4. The fourth-order valence-electron chi connectivity index (χ4n) is 3.15. The van der Waals surface area contributed by atoms with Gasteiger partial charge in [-0.2, -0.15) is 0 Å². The molecule has 0 amide bonds. The van der Waals surface area contributed by atoms with Gasteiger partial charge in [-0.05, 0) is 31.5 Å². The Labute approximate surface area is 183 Å². The van der Waals surface area contributed by atoms with Crippen molar-refractivity contribution in [3.8, 4) is 0 Å². The molecule has 0 fully saturated rings. The zero-order valence-corrected chi connectivity index (χ0v) is 18.1. The topological polar surface area (TPSA) is 116 Å². The summed E-state index contributed by atoms with van der Waals surface area (Å²) in [7, 11) is 1.24. The van der Waals surface area contributed by atoms with Crippen molar-refractivity contribution >= 4 is 17.4 Å². The van der Waals surface area contributed by atoms with Crippen molar-refractivity contribution < 1.29 is 14.3 Å². The molecule has 0 spiro atoms. The highest BCUT2D eigenvalue weighted by molar-refractivity contribution is 5.98. The Morgan fingerprint density at radius 1 is 1.03 bits per heavy atom. The van der Waals surface area contributed by atoms with Crippen LogP contribution in [0.5, 0.6) is 0 Å². The first-order valence-electron chi connectivity index (χ1n) is 10.0.